The zero-order chi connectivity index (χ0) is 29.1. The molecule has 1 aliphatic rings. The van der Waals surface area contributed by atoms with Crippen LogP contribution in [0.15, 0.2) is 60.4 Å². The van der Waals surface area contributed by atoms with Gasteiger partial charge >= 0.3 is 0 Å². The van der Waals surface area contributed by atoms with Crippen molar-refractivity contribution in [3.63, 3.8) is 0 Å². The largest absolute Gasteiger partial charge is 0.439 e. The topological polar surface area (TPSA) is 136 Å². The normalized spacial score (nSPS) is 16.0. The molecule has 3 aromatic heterocycles. The van der Waals surface area contributed by atoms with Crippen molar-refractivity contribution in [2.45, 2.75) is 46.1 Å². The van der Waals surface area contributed by atoms with Gasteiger partial charge in [0.1, 0.15) is 35.2 Å². The van der Waals surface area contributed by atoms with E-state index in [9.17, 15) is 10.1 Å². The fourth-order valence-corrected chi connectivity index (χ4v) is 4.80. The van der Waals surface area contributed by atoms with Gasteiger partial charge in [0.05, 0.1) is 17.0 Å². The number of para-hydroxylation sites is 1. The molecule has 1 aliphatic heterocycles. The first kappa shape index (κ1) is 27.7. The van der Waals surface area contributed by atoms with E-state index in [0.29, 0.717) is 49.1 Å². The Labute approximate surface area is 237 Å². The smallest absolute Gasteiger partial charge is 0.264 e. The van der Waals surface area contributed by atoms with Crippen molar-refractivity contribution in [1.82, 2.24) is 29.6 Å². The third-order valence-corrected chi connectivity index (χ3v) is 6.86. The molecule has 1 amide bonds. The van der Waals surface area contributed by atoms with E-state index >= 15 is 4.39 Å². The number of nitrogen functional groups attached to an aromatic ring is 1. The monoisotopic (exact) mass is 554 g/mol. The van der Waals surface area contributed by atoms with E-state index in [4.69, 9.17) is 15.6 Å². The van der Waals surface area contributed by atoms with Gasteiger partial charge in [-0.25, -0.2) is 14.6 Å². The Kier molecular flexibility index (Phi) is 7.66. The lowest BCUT2D eigenvalue weighted by Gasteiger charge is -2.33. The number of nitriles is 1. The highest BCUT2D eigenvalue weighted by atomic mass is 19.1. The number of amides is 1. The Morgan fingerprint density at radius 3 is 2.71 bits per heavy atom. The lowest BCUT2D eigenvalue weighted by atomic mass is 9.91. The van der Waals surface area contributed by atoms with Gasteiger partial charge in [0.15, 0.2) is 5.65 Å². The lowest BCUT2D eigenvalue weighted by molar-refractivity contribution is -0.128. The fraction of sp³-hybridized carbons (Fsp3) is 0.333. The predicted molar refractivity (Wildman–Crippen MR) is 152 cm³/mol. The van der Waals surface area contributed by atoms with E-state index in [0.717, 1.165) is 0 Å². The van der Waals surface area contributed by atoms with Gasteiger partial charge in [0, 0.05) is 19.2 Å². The van der Waals surface area contributed by atoms with Gasteiger partial charge in [0.25, 0.3) is 5.91 Å². The highest BCUT2D eigenvalue weighted by Gasteiger charge is 2.30. The Balaban J connectivity index is 1.46. The fourth-order valence-electron chi connectivity index (χ4n) is 4.80. The number of allylic oxidation sites excluding steroid dienone is 1. The average molecular weight is 555 g/mol. The summed E-state index contributed by atoms with van der Waals surface area (Å²) in [6.45, 7) is 6.99. The number of fused-ring (bicyclic) bond motifs is 1. The predicted octanol–water partition coefficient (Wildman–Crippen LogP) is 5.45. The van der Waals surface area contributed by atoms with Crippen LogP contribution in [0.1, 0.15) is 46.1 Å². The van der Waals surface area contributed by atoms with Crippen LogP contribution in [-0.2, 0) is 4.79 Å². The number of rotatable bonds is 6. The summed E-state index contributed by atoms with van der Waals surface area (Å²) in [5.74, 6) is -0.308. The molecule has 1 atom stereocenters. The molecule has 10 nitrogen and oxygen atoms in total. The van der Waals surface area contributed by atoms with Gasteiger partial charge in [-0.15, -0.1) is 0 Å². The molecule has 0 saturated carbocycles. The number of anilines is 1. The molecule has 210 valence electrons. The number of halogens is 1. The molecule has 1 saturated heterocycles. The first-order valence-corrected chi connectivity index (χ1v) is 13.4. The van der Waals surface area contributed by atoms with Crippen LogP contribution in [0.5, 0.6) is 11.6 Å². The summed E-state index contributed by atoms with van der Waals surface area (Å²) in [4.78, 5) is 27.5. The maximum atomic E-state index is 15.4. The summed E-state index contributed by atoms with van der Waals surface area (Å²) in [6, 6.07) is 13.9. The Morgan fingerprint density at radius 2 is 2.00 bits per heavy atom. The number of nitrogens with two attached hydrogens (primary N) is 1. The maximum Gasteiger partial charge on any atom is 0.264 e. The molecule has 4 heterocycles. The summed E-state index contributed by atoms with van der Waals surface area (Å²) in [5, 5.41) is 14.8. The third kappa shape index (κ3) is 6.01. The summed E-state index contributed by atoms with van der Waals surface area (Å²) >= 11 is 0. The minimum Gasteiger partial charge on any atom is -0.439 e. The number of carbonyl (C=O) groups is 1. The van der Waals surface area contributed by atoms with Crippen LogP contribution < -0.4 is 10.5 Å². The van der Waals surface area contributed by atoms with Crippen molar-refractivity contribution in [2.75, 3.05) is 18.8 Å². The molecular weight excluding hydrogens is 523 g/mol. The van der Waals surface area contributed by atoms with Crippen LogP contribution >= 0.6 is 0 Å². The molecule has 5 rings (SSSR count). The van der Waals surface area contributed by atoms with E-state index in [1.54, 1.807) is 33.9 Å². The van der Waals surface area contributed by atoms with E-state index < -0.39 is 5.95 Å². The van der Waals surface area contributed by atoms with Crippen LogP contribution in [-0.4, -0.2) is 48.6 Å². The van der Waals surface area contributed by atoms with Crippen molar-refractivity contribution in [3.05, 3.63) is 66.4 Å². The minimum absolute atomic E-state index is 0.0488. The molecule has 4 aromatic rings. The number of nitrogens with zero attached hydrogens (tertiary/aromatic N) is 7. The highest BCUT2D eigenvalue weighted by Crippen LogP contribution is 2.35. The number of pyridine rings is 1. The summed E-state index contributed by atoms with van der Waals surface area (Å²) < 4.78 is 22.7. The Morgan fingerprint density at radius 1 is 1.22 bits per heavy atom. The standard InChI is InChI=1S/C30H31FN8O2/c1-30(2,3)14-13-19(16-32)29(40)38-15-7-8-20(17-38)39-28-24(27(33)34-18-35-28)25(37-39)22-11-12-23(36-26(22)31)41-21-9-5-4-6-10-21/h4-6,9-13,18,20H,7-8,14-15,17H2,1-3H3,(H2,33,34,35)/t20-/m1/s1. The van der Waals surface area contributed by atoms with Crippen molar-refractivity contribution in [2.24, 2.45) is 5.41 Å². The van der Waals surface area contributed by atoms with Crippen molar-refractivity contribution in [1.29, 1.82) is 5.26 Å². The number of piperidine rings is 1. The maximum absolute atomic E-state index is 15.4. The third-order valence-electron chi connectivity index (χ3n) is 6.86. The highest BCUT2D eigenvalue weighted by molar-refractivity contribution is 5.99. The first-order valence-electron chi connectivity index (χ1n) is 13.4. The Bertz CT molecular complexity index is 1650. The molecule has 2 N–H and O–H groups in total. The molecule has 0 spiro atoms. The summed E-state index contributed by atoms with van der Waals surface area (Å²) in [6.07, 6.45) is 5.06. The number of likely N-dealkylation sites (tertiary alicyclic amines) is 1. The number of ether oxygens (including phenoxy) is 1. The molecule has 11 heteroatoms. The number of aromatic nitrogens is 5. The van der Waals surface area contributed by atoms with Gasteiger partial charge in [0.2, 0.25) is 11.8 Å². The van der Waals surface area contributed by atoms with Gasteiger partial charge in [-0.1, -0.05) is 45.0 Å². The van der Waals surface area contributed by atoms with E-state index in [-0.39, 0.29) is 45.9 Å². The quantitative estimate of drug-likeness (QED) is 0.189. The van der Waals surface area contributed by atoms with Crippen LogP contribution in [0.2, 0.25) is 0 Å². The lowest BCUT2D eigenvalue weighted by Crippen LogP contribution is -2.41. The molecule has 1 aromatic carbocycles. The van der Waals surface area contributed by atoms with Gasteiger partial charge in [-0.05, 0) is 42.9 Å². The van der Waals surface area contributed by atoms with Gasteiger partial charge < -0.3 is 15.4 Å². The van der Waals surface area contributed by atoms with Crippen molar-refractivity contribution in [3.8, 4) is 29.0 Å². The summed E-state index contributed by atoms with van der Waals surface area (Å²) in [7, 11) is 0. The number of benzene rings is 1. The number of hydrogen-bond acceptors (Lipinski definition) is 8. The van der Waals surface area contributed by atoms with Crippen LogP contribution in [0.3, 0.4) is 0 Å². The Hall–Kier alpha value is -4.85. The van der Waals surface area contributed by atoms with Crippen LogP contribution in [0, 0.1) is 22.7 Å². The molecule has 41 heavy (non-hydrogen) atoms. The molecular formula is C30H31FN8O2. The zero-order valence-corrected chi connectivity index (χ0v) is 23.2. The molecule has 1 fully saturated rings. The van der Waals surface area contributed by atoms with Crippen LogP contribution in [0.25, 0.3) is 22.3 Å². The van der Waals surface area contributed by atoms with Gasteiger partial charge in [-0.3, -0.25) is 4.79 Å². The van der Waals surface area contributed by atoms with Crippen LogP contribution in [0.4, 0.5) is 10.2 Å². The second-order valence-corrected chi connectivity index (χ2v) is 11.2. The SMILES string of the molecule is CC(C)(C)CC=C(C#N)C(=O)N1CCC[C@@H](n2nc(-c3ccc(Oc4ccccc4)nc3F)c3c(N)ncnc32)C1. The minimum atomic E-state index is -0.781. The van der Waals surface area contributed by atoms with E-state index in [2.05, 4.69) is 41.8 Å². The van der Waals surface area contributed by atoms with Crippen molar-refractivity contribution < 1.29 is 13.9 Å². The number of carbonyl (C=O) groups excluding carboxylic acids is 1. The zero-order valence-electron chi connectivity index (χ0n) is 23.2. The number of hydrogen-bond donors (Lipinski definition) is 1. The average Bonchev–Trinajstić information content (AvgIpc) is 3.34. The van der Waals surface area contributed by atoms with Gasteiger partial charge in [-0.2, -0.15) is 19.7 Å². The molecule has 0 bridgehead atoms. The first-order chi connectivity index (χ1) is 19.6. The molecule has 0 unspecified atom stereocenters. The second kappa shape index (κ2) is 11.3. The van der Waals surface area contributed by atoms with Crippen molar-refractivity contribution >= 4 is 22.8 Å². The van der Waals surface area contributed by atoms with E-state index in [1.165, 1.54) is 12.4 Å². The molecule has 0 aliphatic carbocycles. The second-order valence-electron chi connectivity index (χ2n) is 11.2. The summed E-state index contributed by atoms with van der Waals surface area (Å²) in [5.41, 5.74) is 7.12. The van der Waals surface area contributed by atoms with E-state index in [1.807, 2.05) is 18.2 Å². The molecule has 0 radical (unpaired) electrons.